The molecule has 0 saturated carbocycles. The number of aliphatic hydroxyl groups excluding tert-OH is 1. The normalized spacial score (nSPS) is 14.9. The Morgan fingerprint density at radius 2 is 1.18 bits per heavy atom. The number of phosphoric acid groups is 1. The Morgan fingerprint density at radius 3 is 1.80 bits per heavy atom. The van der Waals surface area contributed by atoms with E-state index in [0.717, 1.165) is 38.5 Å². The molecule has 1 unspecified atom stereocenters. The lowest BCUT2D eigenvalue weighted by molar-refractivity contribution is -0.161. The summed E-state index contributed by atoms with van der Waals surface area (Å²) in [7, 11) is -4.76. The first-order chi connectivity index (χ1) is 26.5. The molecule has 12 nitrogen and oxygen atoms in total. The van der Waals surface area contributed by atoms with E-state index in [1.54, 1.807) is 12.2 Å². The summed E-state index contributed by atoms with van der Waals surface area (Å²) < 4.78 is 32.5. The Labute approximate surface area is 331 Å². The lowest BCUT2D eigenvalue weighted by Gasteiger charge is -2.20. The molecule has 55 heavy (non-hydrogen) atoms. The largest absolute Gasteiger partial charge is 0.480 e. The molecule has 0 aliphatic carbocycles. The van der Waals surface area contributed by atoms with Gasteiger partial charge in [-0.15, -0.1) is 0 Å². The van der Waals surface area contributed by atoms with Crippen molar-refractivity contribution in [3.05, 3.63) is 48.6 Å². The van der Waals surface area contributed by atoms with Gasteiger partial charge in [0, 0.05) is 12.8 Å². The minimum Gasteiger partial charge on any atom is -0.480 e. The van der Waals surface area contributed by atoms with Crippen molar-refractivity contribution in [3.63, 3.8) is 0 Å². The Kier molecular flexibility index (Phi) is 35.3. The van der Waals surface area contributed by atoms with Gasteiger partial charge in [0.1, 0.15) is 12.6 Å². The lowest BCUT2D eigenvalue weighted by Crippen LogP contribution is -2.34. The lowest BCUT2D eigenvalue weighted by atomic mass is 10.0. The van der Waals surface area contributed by atoms with E-state index in [1.807, 2.05) is 12.2 Å². The summed E-state index contributed by atoms with van der Waals surface area (Å²) in [4.78, 5) is 45.9. The van der Waals surface area contributed by atoms with Crippen LogP contribution >= 0.6 is 7.82 Å². The summed E-state index contributed by atoms with van der Waals surface area (Å²) in [5, 5.41) is 19.1. The van der Waals surface area contributed by atoms with Crippen LogP contribution in [0.15, 0.2) is 48.6 Å². The van der Waals surface area contributed by atoms with Crippen LogP contribution in [0.5, 0.6) is 0 Å². The fourth-order valence-corrected chi connectivity index (χ4v) is 6.12. The van der Waals surface area contributed by atoms with Gasteiger partial charge in [0.25, 0.3) is 0 Å². The summed E-state index contributed by atoms with van der Waals surface area (Å²) >= 11 is 0. The van der Waals surface area contributed by atoms with Gasteiger partial charge >= 0.3 is 25.7 Å². The van der Waals surface area contributed by atoms with E-state index in [4.69, 9.17) is 24.8 Å². The maximum atomic E-state index is 12.6. The second-order valence-electron chi connectivity index (χ2n) is 14.0. The van der Waals surface area contributed by atoms with Gasteiger partial charge in [0.15, 0.2) is 6.10 Å². The number of phosphoric ester groups is 1. The number of unbranched alkanes of at least 4 members (excludes halogenated alkanes) is 15. The molecule has 4 atom stereocenters. The van der Waals surface area contributed by atoms with Crippen LogP contribution in [0, 0.1) is 0 Å². The van der Waals surface area contributed by atoms with Crippen molar-refractivity contribution in [2.45, 2.75) is 180 Å². The van der Waals surface area contributed by atoms with E-state index in [9.17, 15) is 28.9 Å². The topological polar surface area (TPSA) is 192 Å². The van der Waals surface area contributed by atoms with Gasteiger partial charge in [0.05, 0.1) is 19.3 Å². The summed E-state index contributed by atoms with van der Waals surface area (Å²) in [5.41, 5.74) is 5.31. The molecule has 0 aromatic carbocycles. The fourth-order valence-electron chi connectivity index (χ4n) is 5.34. The number of hydrogen-bond acceptors (Lipinski definition) is 10. The van der Waals surface area contributed by atoms with Crippen LogP contribution in [-0.4, -0.2) is 71.1 Å². The molecular formula is C42H74NO11P. The van der Waals surface area contributed by atoms with Crippen LogP contribution in [0.3, 0.4) is 0 Å². The fraction of sp³-hybridized carbons (Fsp3) is 0.738. The second kappa shape index (κ2) is 37.0. The molecule has 0 spiro atoms. The number of carboxylic acid groups (broad SMARTS) is 1. The van der Waals surface area contributed by atoms with Gasteiger partial charge in [-0.3, -0.25) is 23.4 Å². The van der Waals surface area contributed by atoms with Gasteiger partial charge in [-0.25, -0.2) is 4.57 Å². The Bertz CT molecular complexity index is 1140. The van der Waals surface area contributed by atoms with E-state index in [1.165, 1.54) is 77.0 Å². The Balaban J connectivity index is 4.59. The smallest absolute Gasteiger partial charge is 0.472 e. The number of aliphatic hydroxyl groups is 1. The third kappa shape index (κ3) is 36.8. The maximum Gasteiger partial charge on any atom is 0.472 e. The van der Waals surface area contributed by atoms with Crippen LogP contribution in [-0.2, 0) is 37.5 Å². The van der Waals surface area contributed by atoms with Gasteiger partial charge in [-0.05, 0) is 44.9 Å². The second-order valence-corrected chi connectivity index (χ2v) is 15.4. The predicted octanol–water partition coefficient (Wildman–Crippen LogP) is 9.58. The number of carbonyl (C=O) groups excluding carboxylic acids is 2. The van der Waals surface area contributed by atoms with Gasteiger partial charge in [-0.1, -0.05) is 152 Å². The molecule has 0 rings (SSSR count). The quantitative estimate of drug-likeness (QED) is 0.0152. The number of carbonyl (C=O) groups is 3. The minimum absolute atomic E-state index is 0.00620. The molecule has 13 heteroatoms. The van der Waals surface area contributed by atoms with E-state index in [-0.39, 0.29) is 12.8 Å². The molecule has 0 saturated heterocycles. The average molecular weight is 800 g/mol. The zero-order valence-electron chi connectivity index (χ0n) is 33.9. The molecule has 0 aliphatic heterocycles. The number of hydrogen-bond donors (Lipinski definition) is 4. The molecule has 0 aliphatic rings. The van der Waals surface area contributed by atoms with E-state index >= 15 is 0 Å². The van der Waals surface area contributed by atoms with Crippen molar-refractivity contribution >= 4 is 25.7 Å². The zero-order chi connectivity index (χ0) is 40.8. The van der Waals surface area contributed by atoms with Gasteiger partial charge < -0.3 is 30.3 Å². The van der Waals surface area contributed by atoms with Gasteiger partial charge in [-0.2, -0.15) is 0 Å². The van der Waals surface area contributed by atoms with Crippen LogP contribution < -0.4 is 5.73 Å². The summed E-state index contributed by atoms with van der Waals surface area (Å²) in [6.07, 6.45) is 36.4. The van der Waals surface area contributed by atoms with Crippen LogP contribution in [0.2, 0.25) is 0 Å². The Hall–Kier alpha value is -2.60. The first-order valence-corrected chi connectivity index (χ1v) is 22.3. The monoisotopic (exact) mass is 799 g/mol. The number of carboxylic acids is 1. The van der Waals surface area contributed by atoms with Crippen molar-refractivity contribution in [2.75, 3.05) is 19.8 Å². The van der Waals surface area contributed by atoms with Crippen molar-refractivity contribution in [1.82, 2.24) is 0 Å². The van der Waals surface area contributed by atoms with Crippen molar-refractivity contribution < 1.29 is 52.6 Å². The predicted molar refractivity (Wildman–Crippen MR) is 218 cm³/mol. The highest BCUT2D eigenvalue weighted by Crippen LogP contribution is 2.43. The molecule has 5 N–H and O–H groups in total. The molecule has 0 bridgehead atoms. The van der Waals surface area contributed by atoms with E-state index in [0.29, 0.717) is 19.3 Å². The van der Waals surface area contributed by atoms with Crippen LogP contribution in [0.25, 0.3) is 0 Å². The van der Waals surface area contributed by atoms with E-state index in [2.05, 4.69) is 42.7 Å². The molecule has 0 aromatic rings. The summed E-state index contributed by atoms with van der Waals surface area (Å²) in [6, 6.07) is -1.55. The summed E-state index contributed by atoms with van der Waals surface area (Å²) in [5.74, 6) is -2.60. The van der Waals surface area contributed by atoms with E-state index < -0.39 is 63.8 Å². The van der Waals surface area contributed by atoms with Crippen molar-refractivity contribution in [2.24, 2.45) is 5.73 Å². The standard InChI is InChI=1S/C42H74NO11P/c1-3-5-7-9-11-13-15-17-19-21-23-25-27-30-37(44)31-29-33-40(45)51-34-38(35-52-55(49,50)53-36-39(43)42(47)48)54-41(46)32-28-26-24-22-20-18-16-14-12-10-8-6-4-2/h11,13,17,19,23,25,27,30,37-39,44H,3-10,12,14-16,18,20-22,24,26,28-29,31-36,43H2,1-2H3,(H,47,48)(H,49,50)/b13-11-,19-17-,25-23-,30-27+/t37-,38-,39+/m1/s1. The molecule has 0 amide bonds. The average Bonchev–Trinajstić information content (AvgIpc) is 3.15. The molecule has 0 fully saturated rings. The number of aliphatic carboxylic acids is 1. The summed E-state index contributed by atoms with van der Waals surface area (Å²) in [6.45, 7) is 2.56. The molecule has 318 valence electrons. The number of allylic oxidation sites excluding steroid dienone is 7. The molecule has 0 aromatic heterocycles. The van der Waals surface area contributed by atoms with Gasteiger partial charge in [0.2, 0.25) is 0 Å². The third-order valence-corrected chi connectivity index (χ3v) is 9.63. The first-order valence-electron chi connectivity index (χ1n) is 20.8. The highest BCUT2D eigenvalue weighted by Gasteiger charge is 2.28. The number of nitrogens with two attached hydrogens (primary N) is 1. The number of ether oxygens (including phenoxy) is 2. The zero-order valence-corrected chi connectivity index (χ0v) is 34.8. The first kappa shape index (κ1) is 52.4. The SMILES string of the molecule is CCCCC/C=C\C/C=C\C/C=C\C=C\[C@@H](O)CCCC(=O)OC[C@H](COP(=O)(O)OC[C@H](N)C(=O)O)OC(=O)CCCCCCCCCCCCCCC. The third-order valence-electron chi connectivity index (χ3n) is 8.68. The highest BCUT2D eigenvalue weighted by atomic mass is 31.2. The number of rotatable bonds is 38. The van der Waals surface area contributed by atoms with Crippen molar-refractivity contribution in [3.8, 4) is 0 Å². The molecular weight excluding hydrogens is 725 g/mol. The van der Waals surface area contributed by atoms with Crippen LogP contribution in [0.1, 0.15) is 162 Å². The molecule has 0 radical (unpaired) electrons. The number of esters is 2. The molecule has 0 heterocycles. The maximum absolute atomic E-state index is 12.6. The highest BCUT2D eigenvalue weighted by molar-refractivity contribution is 7.47. The minimum atomic E-state index is -4.76. The van der Waals surface area contributed by atoms with Crippen LogP contribution in [0.4, 0.5) is 0 Å². The van der Waals surface area contributed by atoms with Crippen molar-refractivity contribution in [1.29, 1.82) is 0 Å². The Morgan fingerprint density at radius 1 is 0.655 bits per heavy atom.